The summed E-state index contributed by atoms with van der Waals surface area (Å²) in [6.07, 6.45) is 5.75. The highest BCUT2D eigenvalue weighted by Gasteiger charge is 2.25. The molecular formula is C19H18FN5O2. The van der Waals surface area contributed by atoms with Gasteiger partial charge in [-0.3, -0.25) is 4.98 Å². The van der Waals surface area contributed by atoms with Crippen molar-refractivity contribution in [2.45, 2.75) is 6.10 Å². The topological polar surface area (TPSA) is 98.3 Å². The largest absolute Gasteiger partial charge is 0.481 e. The number of hydrogen-bond donors (Lipinski definition) is 1. The lowest BCUT2D eigenvalue weighted by atomic mass is 10.2. The average molecular weight is 367 g/mol. The highest BCUT2D eigenvalue weighted by molar-refractivity contribution is 6.08. The Morgan fingerprint density at radius 2 is 2.26 bits per heavy atom. The van der Waals surface area contributed by atoms with Crippen molar-refractivity contribution in [3.05, 3.63) is 72.5 Å². The number of rotatable bonds is 6. The molecule has 1 unspecified atom stereocenters. The molecule has 1 aliphatic rings. The van der Waals surface area contributed by atoms with Crippen molar-refractivity contribution in [1.82, 2.24) is 9.97 Å². The zero-order valence-corrected chi connectivity index (χ0v) is 14.7. The predicted molar refractivity (Wildman–Crippen MR) is 101 cm³/mol. The smallest absolute Gasteiger partial charge is 0.213 e. The van der Waals surface area contributed by atoms with E-state index in [1.54, 1.807) is 30.4 Å². The molecule has 0 aliphatic carbocycles. The molecule has 3 heterocycles. The second-order valence-electron chi connectivity index (χ2n) is 5.53. The lowest BCUT2D eigenvalue weighted by Gasteiger charge is -2.05. The number of methoxy groups -OCH3 is 1. The summed E-state index contributed by atoms with van der Waals surface area (Å²) in [6, 6.07) is 6.57. The first kappa shape index (κ1) is 18.4. The lowest BCUT2D eigenvalue weighted by molar-refractivity contribution is 0.397. The molecule has 8 heteroatoms. The highest BCUT2D eigenvalue weighted by Crippen LogP contribution is 2.22. The van der Waals surface area contributed by atoms with Crippen LogP contribution in [0.5, 0.6) is 5.88 Å². The number of nitrogens with zero attached hydrogens (tertiary/aromatic N) is 4. The van der Waals surface area contributed by atoms with Crippen LogP contribution in [0.4, 0.5) is 10.1 Å². The van der Waals surface area contributed by atoms with E-state index in [1.165, 1.54) is 19.4 Å². The van der Waals surface area contributed by atoms with Gasteiger partial charge >= 0.3 is 0 Å². The molecular weight excluding hydrogens is 349 g/mol. The maximum atomic E-state index is 14.0. The minimum Gasteiger partial charge on any atom is -0.481 e. The molecule has 0 amide bonds. The van der Waals surface area contributed by atoms with Gasteiger partial charge in [-0.1, -0.05) is 18.7 Å². The van der Waals surface area contributed by atoms with Crippen LogP contribution in [0.1, 0.15) is 5.69 Å². The van der Waals surface area contributed by atoms with Crippen LogP contribution < -0.4 is 10.5 Å². The number of halogens is 1. The maximum absolute atomic E-state index is 14.0. The van der Waals surface area contributed by atoms with Crippen LogP contribution >= 0.6 is 0 Å². The van der Waals surface area contributed by atoms with Crippen molar-refractivity contribution in [2.75, 3.05) is 13.7 Å². The summed E-state index contributed by atoms with van der Waals surface area (Å²) in [4.78, 5) is 16.5. The summed E-state index contributed by atoms with van der Waals surface area (Å²) in [6.45, 7) is 4.35. The molecule has 1 saturated heterocycles. The van der Waals surface area contributed by atoms with Gasteiger partial charge in [-0.2, -0.15) is 0 Å². The molecule has 1 fully saturated rings. The predicted octanol–water partition coefficient (Wildman–Crippen LogP) is 2.57. The fourth-order valence-corrected chi connectivity index (χ4v) is 2.20. The minimum atomic E-state index is -0.570. The average Bonchev–Trinajstić information content (AvgIpc) is 3.52. The normalized spacial score (nSPS) is 17.6. The Hall–Kier alpha value is -3.39. The van der Waals surface area contributed by atoms with Crippen molar-refractivity contribution in [3.63, 3.8) is 0 Å². The lowest BCUT2D eigenvalue weighted by Crippen LogP contribution is -2.17. The third-order valence-corrected chi connectivity index (χ3v) is 3.65. The molecule has 1 atom stereocenters. The standard InChI is InChI=1S/C19H18FN5O2/c1-3-12(16-11-27-16)9-17(23-14-7-8-22-10-13(14)20)25-19(21)15-5-4-6-18(24-15)26-2/h3-10,16H,1,11H2,2H3,(H2,21,22,23,25)/b12-9-. The van der Waals surface area contributed by atoms with Gasteiger partial charge in [0.25, 0.3) is 0 Å². The van der Waals surface area contributed by atoms with Crippen LogP contribution in [-0.2, 0) is 4.74 Å². The van der Waals surface area contributed by atoms with Gasteiger partial charge in [-0.25, -0.2) is 19.4 Å². The van der Waals surface area contributed by atoms with E-state index in [9.17, 15) is 4.39 Å². The molecule has 7 nitrogen and oxygen atoms in total. The number of aromatic nitrogens is 2. The minimum absolute atomic E-state index is 0.0682. The second-order valence-corrected chi connectivity index (χ2v) is 5.53. The summed E-state index contributed by atoms with van der Waals surface area (Å²) in [5.41, 5.74) is 7.36. The van der Waals surface area contributed by atoms with E-state index in [0.717, 1.165) is 11.8 Å². The van der Waals surface area contributed by atoms with Crippen molar-refractivity contribution in [1.29, 1.82) is 0 Å². The first-order valence-corrected chi connectivity index (χ1v) is 8.10. The van der Waals surface area contributed by atoms with E-state index in [-0.39, 0.29) is 23.5 Å². The van der Waals surface area contributed by atoms with Crippen LogP contribution in [0, 0.1) is 5.82 Å². The number of hydrogen-bond acceptors (Lipinski definition) is 5. The zero-order chi connectivity index (χ0) is 19.2. The monoisotopic (exact) mass is 367 g/mol. The van der Waals surface area contributed by atoms with Gasteiger partial charge in [0.15, 0.2) is 17.5 Å². The van der Waals surface area contributed by atoms with Crippen molar-refractivity contribution in [3.8, 4) is 5.88 Å². The molecule has 2 N–H and O–H groups in total. The number of ether oxygens (including phenoxy) is 2. The molecule has 2 aromatic rings. The number of amidine groups is 2. The fraction of sp³-hybridized carbons (Fsp3) is 0.158. The van der Waals surface area contributed by atoms with E-state index in [1.807, 2.05) is 0 Å². The molecule has 0 radical (unpaired) electrons. The van der Waals surface area contributed by atoms with Crippen LogP contribution in [0.25, 0.3) is 0 Å². The molecule has 0 spiro atoms. The van der Waals surface area contributed by atoms with Gasteiger partial charge in [0.05, 0.1) is 19.9 Å². The third kappa shape index (κ3) is 4.83. The van der Waals surface area contributed by atoms with E-state index in [0.29, 0.717) is 18.2 Å². The number of epoxide rings is 1. The molecule has 138 valence electrons. The Balaban J connectivity index is 2.03. The van der Waals surface area contributed by atoms with E-state index < -0.39 is 5.82 Å². The number of pyridine rings is 2. The van der Waals surface area contributed by atoms with Gasteiger partial charge in [0.1, 0.15) is 17.5 Å². The van der Waals surface area contributed by atoms with Gasteiger partial charge in [-0.15, -0.1) is 0 Å². The van der Waals surface area contributed by atoms with E-state index in [2.05, 4.69) is 26.5 Å². The maximum Gasteiger partial charge on any atom is 0.213 e. The Labute approximate surface area is 155 Å². The summed E-state index contributed by atoms with van der Waals surface area (Å²) in [5, 5.41) is 0. The zero-order valence-electron chi connectivity index (χ0n) is 14.7. The fourth-order valence-electron chi connectivity index (χ4n) is 2.20. The van der Waals surface area contributed by atoms with E-state index >= 15 is 0 Å². The van der Waals surface area contributed by atoms with Gasteiger partial charge in [0, 0.05) is 12.3 Å². The van der Waals surface area contributed by atoms with Crippen molar-refractivity contribution >= 4 is 17.4 Å². The molecule has 0 bridgehead atoms. The summed E-state index contributed by atoms with van der Waals surface area (Å²) in [7, 11) is 1.51. The summed E-state index contributed by atoms with van der Waals surface area (Å²) < 4.78 is 24.3. The SMILES string of the molecule is C=C/C(=C/C(=Nc1ccncc1F)N=C(N)c1cccc(OC)n1)C1CO1. The molecule has 27 heavy (non-hydrogen) atoms. The molecule has 3 rings (SSSR count). The number of nitrogens with two attached hydrogens (primary N) is 1. The van der Waals surface area contributed by atoms with Gasteiger partial charge < -0.3 is 15.2 Å². The first-order chi connectivity index (χ1) is 13.1. The Bertz CT molecular complexity index is 935. The van der Waals surface area contributed by atoms with Crippen LogP contribution in [-0.4, -0.2) is 41.5 Å². The van der Waals surface area contributed by atoms with E-state index in [4.69, 9.17) is 15.2 Å². The van der Waals surface area contributed by atoms with Crippen molar-refractivity contribution < 1.29 is 13.9 Å². The Morgan fingerprint density at radius 1 is 1.44 bits per heavy atom. The van der Waals surface area contributed by atoms with Crippen LogP contribution in [0.2, 0.25) is 0 Å². The van der Waals surface area contributed by atoms with Gasteiger partial charge in [-0.05, 0) is 23.8 Å². The summed E-state index contributed by atoms with van der Waals surface area (Å²) >= 11 is 0. The second kappa shape index (κ2) is 8.33. The molecule has 0 saturated carbocycles. The van der Waals surface area contributed by atoms with Crippen LogP contribution in [0.3, 0.4) is 0 Å². The van der Waals surface area contributed by atoms with Crippen LogP contribution in [0.15, 0.2) is 70.9 Å². The first-order valence-electron chi connectivity index (χ1n) is 8.10. The third-order valence-electron chi connectivity index (χ3n) is 3.65. The van der Waals surface area contributed by atoms with Crippen molar-refractivity contribution in [2.24, 2.45) is 15.7 Å². The highest BCUT2D eigenvalue weighted by atomic mass is 19.1. The molecule has 0 aromatic carbocycles. The molecule has 1 aliphatic heterocycles. The number of aliphatic imine (C=N–C) groups is 2. The Morgan fingerprint density at radius 3 is 2.93 bits per heavy atom. The Kier molecular flexibility index (Phi) is 5.68. The quantitative estimate of drug-likeness (QED) is 0.366. The summed E-state index contributed by atoms with van der Waals surface area (Å²) in [5.74, 6) is 0.128. The molecule has 2 aromatic heterocycles. The van der Waals surface area contributed by atoms with Gasteiger partial charge in [0.2, 0.25) is 5.88 Å².